The van der Waals surface area contributed by atoms with Crippen molar-refractivity contribution in [3.63, 3.8) is 0 Å². The summed E-state index contributed by atoms with van der Waals surface area (Å²) >= 11 is 0. The van der Waals surface area contributed by atoms with E-state index in [1.807, 2.05) is 17.0 Å². The van der Waals surface area contributed by atoms with Crippen LogP contribution in [0.5, 0.6) is 5.75 Å². The fraction of sp³-hybridized carbons (Fsp3) is 0.500. The van der Waals surface area contributed by atoms with Gasteiger partial charge in [0.25, 0.3) is 0 Å². The second-order valence-electron chi connectivity index (χ2n) is 10.6. The van der Waals surface area contributed by atoms with Crippen molar-refractivity contribution < 1.29 is 14.3 Å². The molecular formula is C28H34N4O3. The fourth-order valence-corrected chi connectivity index (χ4v) is 6.17. The molecule has 7 heteroatoms. The molecule has 2 atom stereocenters. The third-order valence-electron chi connectivity index (χ3n) is 7.76. The average molecular weight is 475 g/mol. The summed E-state index contributed by atoms with van der Waals surface area (Å²) in [7, 11) is 1.58. The molecule has 2 aromatic rings. The van der Waals surface area contributed by atoms with Gasteiger partial charge in [0.2, 0.25) is 0 Å². The summed E-state index contributed by atoms with van der Waals surface area (Å²) in [5.41, 5.74) is 3.21. The van der Waals surface area contributed by atoms with Crippen molar-refractivity contribution in [1.29, 1.82) is 5.26 Å². The zero-order chi connectivity index (χ0) is 24.6. The lowest BCUT2D eigenvalue weighted by Crippen LogP contribution is -2.64. The van der Waals surface area contributed by atoms with Gasteiger partial charge in [0.15, 0.2) is 0 Å². The maximum atomic E-state index is 13.1. The summed E-state index contributed by atoms with van der Waals surface area (Å²) in [6, 6.07) is 18.4. The van der Waals surface area contributed by atoms with Gasteiger partial charge in [-0.1, -0.05) is 30.3 Å². The van der Waals surface area contributed by atoms with Gasteiger partial charge in [0.1, 0.15) is 17.9 Å². The number of hydrogen-bond donors (Lipinski definition) is 0. The van der Waals surface area contributed by atoms with Crippen LogP contribution in [0.4, 0.5) is 10.5 Å². The number of methoxy groups -OCH3 is 1. The molecule has 1 aliphatic carbocycles. The van der Waals surface area contributed by atoms with E-state index in [1.54, 1.807) is 13.2 Å². The van der Waals surface area contributed by atoms with Gasteiger partial charge in [-0.3, -0.25) is 9.80 Å². The maximum Gasteiger partial charge on any atom is 0.410 e. The molecule has 2 aromatic carbocycles. The fourth-order valence-electron chi connectivity index (χ4n) is 6.17. The lowest BCUT2D eigenvalue weighted by molar-refractivity contribution is -0.137. The molecule has 0 bridgehead atoms. The maximum absolute atomic E-state index is 13.1. The zero-order valence-corrected chi connectivity index (χ0v) is 20.8. The van der Waals surface area contributed by atoms with E-state index in [1.165, 1.54) is 5.56 Å². The summed E-state index contributed by atoms with van der Waals surface area (Å²) in [5, 5.41) is 9.25. The van der Waals surface area contributed by atoms with E-state index in [0.29, 0.717) is 29.8 Å². The Kier molecular flexibility index (Phi) is 6.33. The van der Waals surface area contributed by atoms with Gasteiger partial charge in [-0.25, -0.2) is 4.79 Å². The van der Waals surface area contributed by atoms with Crippen molar-refractivity contribution in [2.24, 2.45) is 5.41 Å². The molecule has 1 saturated carbocycles. The van der Waals surface area contributed by atoms with Crippen molar-refractivity contribution >= 4 is 11.8 Å². The Hall–Kier alpha value is -3.24. The molecule has 7 nitrogen and oxygen atoms in total. The Balaban J connectivity index is 1.11. The third-order valence-corrected chi connectivity index (χ3v) is 7.76. The molecule has 0 aromatic heterocycles. The van der Waals surface area contributed by atoms with Crippen molar-refractivity contribution in [3.05, 3.63) is 59.7 Å². The molecule has 2 heterocycles. The number of ether oxygens (including phenoxy) is 2. The molecule has 0 radical (unpaired) electrons. The monoisotopic (exact) mass is 474 g/mol. The Bertz CT molecular complexity index is 1090. The van der Waals surface area contributed by atoms with Crippen LogP contribution < -0.4 is 9.64 Å². The third kappa shape index (κ3) is 4.68. The first kappa shape index (κ1) is 23.5. The highest BCUT2D eigenvalue weighted by Crippen LogP contribution is 2.50. The predicted molar refractivity (Wildman–Crippen MR) is 134 cm³/mol. The highest BCUT2D eigenvalue weighted by Gasteiger charge is 2.54. The van der Waals surface area contributed by atoms with Crippen molar-refractivity contribution in [2.75, 3.05) is 38.2 Å². The number of rotatable bonds is 5. The Labute approximate surface area is 207 Å². The SMILES string of the molecule is COc1cc(N2C[C@@H](C)N(C(=O)OC3CC4(C3)CN(Cc3ccccc3)C4)[C@@H](C)C2)ccc1C#N. The second kappa shape index (κ2) is 9.43. The molecule has 2 saturated heterocycles. The molecule has 0 N–H and O–H groups in total. The molecule has 3 fully saturated rings. The van der Waals surface area contributed by atoms with Crippen LogP contribution in [0.25, 0.3) is 0 Å². The number of nitriles is 1. The number of piperazine rings is 1. The molecular weight excluding hydrogens is 440 g/mol. The van der Waals surface area contributed by atoms with Crippen LogP contribution in [0.15, 0.2) is 48.5 Å². The summed E-state index contributed by atoms with van der Waals surface area (Å²) in [4.78, 5) is 19.7. The van der Waals surface area contributed by atoms with Gasteiger partial charge in [-0.15, -0.1) is 0 Å². The van der Waals surface area contributed by atoms with Gasteiger partial charge in [-0.2, -0.15) is 5.26 Å². The quantitative estimate of drug-likeness (QED) is 0.645. The zero-order valence-electron chi connectivity index (χ0n) is 20.8. The van der Waals surface area contributed by atoms with E-state index in [0.717, 1.165) is 38.2 Å². The number of amides is 1. The minimum absolute atomic E-state index is 0.0204. The summed E-state index contributed by atoms with van der Waals surface area (Å²) < 4.78 is 11.3. The normalized spacial score (nSPS) is 23.8. The van der Waals surface area contributed by atoms with Crippen LogP contribution in [0.3, 0.4) is 0 Å². The first-order valence-electron chi connectivity index (χ1n) is 12.5. The van der Waals surface area contributed by atoms with E-state index < -0.39 is 0 Å². The highest BCUT2D eigenvalue weighted by molar-refractivity contribution is 5.70. The van der Waals surface area contributed by atoms with Crippen LogP contribution in [0.2, 0.25) is 0 Å². The minimum atomic E-state index is -0.192. The van der Waals surface area contributed by atoms with E-state index >= 15 is 0 Å². The number of likely N-dealkylation sites (tertiary alicyclic amines) is 1. The van der Waals surface area contributed by atoms with Gasteiger partial charge >= 0.3 is 6.09 Å². The highest BCUT2D eigenvalue weighted by atomic mass is 16.6. The molecule has 1 amide bonds. The number of anilines is 1. The van der Waals surface area contributed by atoms with Gasteiger partial charge in [-0.05, 0) is 44.4 Å². The molecule has 35 heavy (non-hydrogen) atoms. The summed E-state index contributed by atoms with van der Waals surface area (Å²) in [6.07, 6.45) is 1.78. The first-order valence-corrected chi connectivity index (χ1v) is 12.5. The molecule has 0 unspecified atom stereocenters. The van der Waals surface area contributed by atoms with E-state index in [2.05, 4.69) is 60.0 Å². The Morgan fingerprint density at radius 2 is 1.77 bits per heavy atom. The van der Waals surface area contributed by atoms with Crippen LogP contribution >= 0.6 is 0 Å². The van der Waals surface area contributed by atoms with Crippen LogP contribution in [0, 0.1) is 16.7 Å². The number of carbonyl (C=O) groups is 1. The number of carbonyl (C=O) groups excluding carboxylic acids is 1. The van der Waals surface area contributed by atoms with Crippen LogP contribution in [-0.2, 0) is 11.3 Å². The van der Waals surface area contributed by atoms with Crippen molar-refractivity contribution in [1.82, 2.24) is 9.80 Å². The predicted octanol–water partition coefficient (Wildman–Crippen LogP) is 4.27. The molecule has 5 rings (SSSR count). The standard InChI is InChI=1S/C28H34N4O3/c1-20-15-31(24-10-9-23(14-29)26(11-24)34-3)16-21(2)32(20)27(33)35-25-12-28(13-25)18-30(19-28)17-22-7-5-4-6-8-22/h4-11,20-21,25H,12-13,15-19H2,1-3H3/t20-,21+. The second-order valence-corrected chi connectivity index (χ2v) is 10.6. The smallest absolute Gasteiger partial charge is 0.410 e. The van der Waals surface area contributed by atoms with Crippen molar-refractivity contribution in [2.45, 2.75) is 51.4 Å². The Morgan fingerprint density at radius 3 is 2.40 bits per heavy atom. The molecule has 3 aliphatic rings. The van der Waals surface area contributed by atoms with E-state index in [9.17, 15) is 10.1 Å². The molecule has 184 valence electrons. The summed E-state index contributed by atoms with van der Waals surface area (Å²) in [6.45, 7) is 8.73. The molecule has 1 spiro atoms. The van der Waals surface area contributed by atoms with Gasteiger partial charge < -0.3 is 14.4 Å². The van der Waals surface area contributed by atoms with Crippen molar-refractivity contribution in [3.8, 4) is 11.8 Å². The number of hydrogen-bond acceptors (Lipinski definition) is 6. The summed E-state index contributed by atoms with van der Waals surface area (Å²) in [5.74, 6) is 0.574. The lowest BCUT2D eigenvalue weighted by atomic mass is 9.61. The molecule has 2 aliphatic heterocycles. The first-order chi connectivity index (χ1) is 16.9. The number of nitrogens with zero attached hydrogens (tertiary/aromatic N) is 4. The van der Waals surface area contributed by atoms with Crippen LogP contribution in [0.1, 0.15) is 37.8 Å². The largest absolute Gasteiger partial charge is 0.495 e. The van der Waals surface area contributed by atoms with Crippen LogP contribution in [-0.4, -0.2) is 67.4 Å². The Morgan fingerprint density at radius 1 is 1.09 bits per heavy atom. The van der Waals surface area contributed by atoms with E-state index in [4.69, 9.17) is 9.47 Å². The van der Waals surface area contributed by atoms with E-state index in [-0.39, 0.29) is 24.3 Å². The topological polar surface area (TPSA) is 69.0 Å². The van der Waals surface area contributed by atoms with Gasteiger partial charge in [0.05, 0.1) is 24.8 Å². The lowest BCUT2D eigenvalue weighted by Gasteiger charge is -2.58. The number of benzene rings is 2. The average Bonchev–Trinajstić information content (AvgIpc) is 2.81. The minimum Gasteiger partial charge on any atom is -0.495 e. The van der Waals surface area contributed by atoms with Gasteiger partial charge in [0, 0.05) is 49.9 Å².